The zero-order valence-electron chi connectivity index (χ0n) is 14.6. The summed E-state index contributed by atoms with van der Waals surface area (Å²) in [5.41, 5.74) is 7.21. The molecule has 2 aliphatic rings. The van der Waals surface area contributed by atoms with Gasteiger partial charge < -0.3 is 5.32 Å². The number of carbonyl (C=O) groups excluding carboxylic acids is 1. The molecule has 3 heterocycles. The van der Waals surface area contributed by atoms with Crippen LogP contribution in [-0.2, 0) is 4.79 Å². The van der Waals surface area contributed by atoms with Crippen LogP contribution in [0.25, 0.3) is 10.9 Å². The van der Waals surface area contributed by atoms with Crippen LogP contribution in [0.1, 0.15) is 42.0 Å². The van der Waals surface area contributed by atoms with Crippen LogP contribution in [-0.4, -0.2) is 15.8 Å². The molecule has 2 aromatic heterocycles. The zero-order valence-corrected chi connectivity index (χ0v) is 14.6. The van der Waals surface area contributed by atoms with Crippen LogP contribution in [0.15, 0.2) is 60.1 Å². The summed E-state index contributed by atoms with van der Waals surface area (Å²) in [6, 6.07) is 12.3. The number of aromatic nitrogens is 2. The van der Waals surface area contributed by atoms with E-state index in [1.807, 2.05) is 25.3 Å². The number of aryl methyl sites for hydroxylation is 1. The summed E-state index contributed by atoms with van der Waals surface area (Å²) in [4.78, 5) is 21.9. The third-order valence-electron chi connectivity index (χ3n) is 5.39. The first-order valence-electron chi connectivity index (χ1n) is 9.06. The van der Waals surface area contributed by atoms with Gasteiger partial charge in [-0.2, -0.15) is 0 Å². The highest BCUT2D eigenvalue weighted by Gasteiger charge is 2.36. The van der Waals surface area contributed by atoms with Crippen molar-refractivity contribution in [2.75, 3.05) is 5.32 Å². The van der Waals surface area contributed by atoms with E-state index in [1.165, 1.54) is 0 Å². The third-order valence-corrected chi connectivity index (χ3v) is 5.39. The summed E-state index contributed by atoms with van der Waals surface area (Å²) < 4.78 is 0. The fourth-order valence-corrected chi connectivity index (χ4v) is 4.26. The van der Waals surface area contributed by atoms with E-state index in [0.29, 0.717) is 6.42 Å². The zero-order chi connectivity index (χ0) is 17.7. The minimum absolute atomic E-state index is 0.0871. The van der Waals surface area contributed by atoms with E-state index in [4.69, 9.17) is 4.98 Å². The number of nitrogens with one attached hydrogen (secondary N) is 1. The Hall–Kier alpha value is -3.01. The van der Waals surface area contributed by atoms with Crippen molar-refractivity contribution in [3.8, 4) is 0 Å². The van der Waals surface area contributed by atoms with Gasteiger partial charge in [0.1, 0.15) is 0 Å². The standard InChI is InChI=1S/C22H19N3O/c1-13-7-8-15-16(24-13)9-10-18-21(15)20(14-4-3-11-23-12-14)22-17(25-18)5-2-6-19(22)26/h3-4,7-12,20,25H,2,5-6H2,1H3/t20-/m1/s1. The molecule has 1 aliphatic carbocycles. The largest absolute Gasteiger partial charge is 0.358 e. The van der Waals surface area contributed by atoms with Gasteiger partial charge in [0.25, 0.3) is 0 Å². The van der Waals surface area contributed by atoms with Gasteiger partial charge in [-0.3, -0.25) is 14.8 Å². The van der Waals surface area contributed by atoms with Gasteiger partial charge in [-0.05, 0) is 55.2 Å². The number of fused-ring (bicyclic) bond motifs is 3. The average Bonchev–Trinajstić information content (AvgIpc) is 2.67. The Labute approximate surface area is 152 Å². The highest BCUT2D eigenvalue weighted by molar-refractivity contribution is 6.03. The van der Waals surface area contributed by atoms with Gasteiger partial charge in [-0.1, -0.05) is 12.1 Å². The Morgan fingerprint density at radius 1 is 1.12 bits per heavy atom. The highest BCUT2D eigenvalue weighted by Crippen LogP contribution is 2.47. The van der Waals surface area contributed by atoms with E-state index < -0.39 is 0 Å². The number of pyridine rings is 2. The van der Waals surface area contributed by atoms with Gasteiger partial charge in [-0.15, -0.1) is 0 Å². The second-order valence-corrected chi connectivity index (χ2v) is 7.06. The first kappa shape index (κ1) is 15.3. The monoisotopic (exact) mass is 341 g/mol. The second kappa shape index (κ2) is 5.77. The maximum absolute atomic E-state index is 12.9. The molecule has 1 aliphatic heterocycles. The second-order valence-electron chi connectivity index (χ2n) is 7.06. The molecule has 1 atom stereocenters. The van der Waals surface area contributed by atoms with Crippen molar-refractivity contribution in [1.82, 2.24) is 9.97 Å². The van der Waals surface area contributed by atoms with Gasteiger partial charge >= 0.3 is 0 Å². The first-order chi connectivity index (χ1) is 12.7. The van der Waals surface area contributed by atoms with Crippen LogP contribution in [0.3, 0.4) is 0 Å². The lowest BCUT2D eigenvalue weighted by Crippen LogP contribution is -2.27. The van der Waals surface area contributed by atoms with Crippen molar-refractivity contribution in [2.24, 2.45) is 0 Å². The van der Waals surface area contributed by atoms with Crippen molar-refractivity contribution >= 4 is 22.4 Å². The summed E-state index contributed by atoms with van der Waals surface area (Å²) in [5.74, 6) is 0.159. The summed E-state index contributed by atoms with van der Waals surface area (Å²) in [7, 11) is 0. The molecule has 0 spiro atoms. The smallest absolute Gasteiger partial charge is 0.161 e. The number of rotatable bonds is 1. The topological polar surface area (TPSA) is 54.9 Å². The Bertz CT molecular complexity index is 1070. The normalized spacial score (nSPS) is 19.1. The molecule has 3 aromatic rings. The number of anilines is 1. The molecule has 26 heavy (non-hydrogen) atoms. The molecule has 128 valence electrons. The fraction of sp³-hybridized carbons (Fsp3) is 0.227. The Morgan fingerprint density at radius 3 is 2.88 bits per heavy atom. The molecule has 0 saturated heterocycles. The SMILES string of the molecule is Cc1ccc2c3c(ccc2n1)NC1=C(C(=O)CCC1)[C@@H]3c1cccnc1. The molecule has 0 bridgehead atoms. The molecule has 4 heteroatoms. The number of hydrogen-bond donors (Lipinski definition) is 1. The summed E-state index contributed by atoms with van der Waals surface area (Å²) in [5, 5.41) is 4.64. The van der Waals surface area contributed by atoms with Crippen molar-refractivity contribution in [1.29, 1.82) is 0 Å². The minimum atomic E-state index is -0.0871. The summed E-state index contributed by atoms with van der Waals surface area (Å²) in [6.07, 6.45) is 6.11. The molecule has 4 nitrogen and oxygen atoms in total. The van der Waals surface area contributed by atoms with E-state index in [9.17, 15) is 4.79 Å². The number of carbonyl (C=O) groups is 1. The molecule has 0 unspecified atom stereocenters. The van der Waals surface area contributed by atoms with Gasteiger partial charge in [0.05, 0.1) is 5.52 Å². The maximum atomic E-state index is 12.9. The Morgan fingerprint density at radius 2 is 2.04 bits per heavy atom. The average molecular weight is 341 g/mol. The number of Topliss-reactive ketones (excluding diaryl/α,β-unsaturated/α-hetero) is 1. The third kappa shape index (κ3) is 2.25. The molecular formula is C22H19N3O. The Balaban J connectivity index is 1.84. The van der Waals surface area contributed by atoms with E-state index in [0.717, 1.165) is 57.5 Å². The first-order valence-corrected chi connectivity index (χ1v) is 9.06. The van der Waals surface area contributed by atoms with Crippen molar-refractivity contribution in [3.63, 3.8) is 0 Å². The number of benzene rings is 1. The van der Waals surface area contributed by atoms with Crippen molar-refractivity contribution < 1.29 is 4.79 Å². The predicted octanol–water partition coefficient (Wildman–Crippen LogP) is 4.50. The molecule has 1 N–H and O–H groups in total. The molecule has 0 radical (unpaired) electrons. The molecule has 1 aromatic carbocycles. The Kier molecular flexibility index (Phi) is 3.38. The van der Waals surface area contributed by atoms with Crippen LogP contribution >= 0.6 is 0 Å². The summed E-state index contributed by atoms with van der Waals surface area (Å²) in [6.45, 7) is 2.00. The minimum Gasteiger partial charge on any atom is -0.358 e. The van der Waals surface area contributed by atoms with Crippen LogP contribution in [0.4, 0.5) is 5.69 Å². The van der Waals surface area contributed by atoms with Gasteiger partial charge in [0.15, 0.2) is 5.78 Å². The number of nitrogens with zero attached hydrogens (tertiary/aromatic N) is 2. The molecular weight excluding hydrogens is 322 g/mol. The fourth-order valence-electron chi connectivity index (χ4n) is 4.26. The van der Waals surface area contributed by atoms with Crippen LogP contribution < -0.4 is 5.32 Å². The maximum Gasteiger partial charge on any atom is 0.161 e. The van der Waals surface area contributed by atoms with E-state index in [2.05, 4.69) is 34.6 Å². The molecule has 0 amide bonds. The van der Waals surface area contributed by atoms with Crippen LogP contribution in [0.2, 0.25) is 0 Å². The lowest BCUT2D eigenvalue weighted by molar-refractivity contribution is -0.116. The number of allylic oxidation sites excluding steroid dienone is 2. The number of hydrogen-bond acceptors (Lipinski definition) is 4. The molecule has 0 fully saturated rings. The van der Waals surface area contributed by atoms with Gasteiger partial charge in [0, 0.05) is 52.8 Å². The molecule has 0 saturated carbocycles. The lowest BCUT2D eigenvalue weighted by atomic mass is 9.75. The van der Waals surface area contributed by atoms with E-state index >= 15 is 0 Å². The van der Waals surface area contributed by atoms with Crippen LogP contribution in [0.5, 0.6) is 0 Å². The molecule has 5 rings (SSSR count). The van der Waals surface area contributed by atoms with Crippen LogP contribution in [0, 0.1) is 6.92 Å². The predicted molar refractivity (Wildman–Crippen MR) is 102 cm³/mol. The highest BCUT2D eigenvalue weighted by atomic mass is 16.1. The van der Waals surface area contributed by atoms with Crippen molar-refractivity contribution in [2.45, 2.75) is 32.1 Å². The van der Waals surface area contributed by atoms with Gasteiger partial charge in [-0.25, -0.2) is 0 Å². The van der Waals surface area contributed by atoms with Gasteiger partial charge in [0.2, 0.25) is 0 Å². The quantitative estimate of drug-likeness (QED) is 0.708. The van der Waals surface area contributed by atoms with E-state index in [1.54, 1.807) is 6.20 Å². The summed E-state index contributed by atoms with van der Waals surface area (Å²) >= 11 is 0. The lowest BCUT2D eigenvalue weighted by Gasteiger charge is -2.34. The van der Waals surface area contributed by atoms with E-state index in [-0.39, 0.29) is 11.7 Å². The van der Waals surface area contributed by atoms with Crippen molar-refractivity contribution in [3.05, 3.63) is 76.9 Å². The number of ketones is 1.